The van der Waals surface area contributed by atoms with Crippen LogP contribution in [0.5, 0.6) is 5.75 Å². The number of benzene rings is 1. The Kier molecular flexibility index (Phi) is 8.06. The molecule has 0 bridgehead atoms. The van der Waals surface area contributed by atoms with E-state index >= 15 is 0 Å². The van der Waals surface area contributed by atoms with Crippen LogP contribution in [-0.2, 0) is 6.54 Å². The van der Waals surface area contributed by atoms with Crippen molar-refractivity contribution in [1.82, 2.24) is 9.55 Å². The third-order valence-corrected chi connectivity index (χ3v) is 4.79. The van der Waals surface area contributed by atoms with E-state index in [1.807, 2.05) is 6.92 Å². The van der Waals surface area contributed by atoms with Crippen LogP contribution >= 0.6 is 0 Å². The number of nitrogens with two attached hydrogens (primary N) is 1. The summed E-state index contributed by atoms with van der Waals surface area (Å²) in [6, 6.07) is 6.83. The summed E-state index contributed by atoms with van der Waals surface area (Å²) in [6.07, 6.45) is 4.14. The first-order valence-corrected chi connectivity index (χ1v) is 10.0. The average Bonchev–Trinajstić information content (AvgIpc) is 2.71. The number of nitrogens with zero attached hydrogens (tertiary/aromatic N) is 2. The number of rotatable bonds is 10. The quantitative estimate of drug-likeness (QED) is 0.594. The van der Waals surface area contributed by atoms with Crippen LogP contribution in [0.1, 0.15) is 56.3 Å². The highest BCUT2D eigenvalue weighted by Gasteiger charge is 2.26. The molecule has 2 aromatic rings. The van der Waals surface area contributed by atoms with Gasteiger partial charge in [-0.1, -0.05) is 45.2 Å². The Morgan fingerprint density at radius 3 is 2.48 bits per heavy atom. The molecule has 1 aromatic heterocycles. The molecule has 8 heteroatoms. The van der Waals surface area contributed by atoms with Crippen LogP contribution < -0.4 is 26.6 Å². The fourth-order valence-electron chi connectivity index (χ4n) is 3.18. The van der Waals surface area contributed by atoms with E-state index in [0.29, 0.717) is 30.8 Å². The first-order chi connectivity index (χ1) is 14.0. The number of aromatic amines is 1. The van der Waals surface area contributed by atoms with Crippen molar-refractivity contribution >= 4 is 17.4 Å². The van der Waals surface area contributed by atoms with E-state index in [9.17, 15) is 14.4 Å². The minimum atomic E-state index is -0.667. The summed E-state index contributed by atoms with van der Waals surface area (Å²) in [5.74, 6) is 0.0238. The number of nitrogen functional groups attached to an aromatic ring is 1. The Bertz CT molecular complexity index is 948. The van der Waals surface area contributed by atoms with Crippen LogP contribution in [0.25, 0.3) is 0 Å². The Hall–Kier alpha value is -3.03. The van der Waals surface area contributed by atoms with Gasteiger partial charge in [-0.25, -0.2) is 4.79 Å². The van der Waals surface area contributed by atoms with Crippen molar-refractivity contribution in [3.05, 3.63) is 50.7 Å². The maximum Gasteiger partial charge on any atom is 0.330 e. The van der Waals surface area contributed by atoms with E-state index in [-0.39, 0.29) is 11.5 Å². The summed E-state index contributed by atoms with van der Waals surface area (Å²) in [4.78, 5) is 42.0. The topological polar surface area (TPSA) is 110 Å². The summed E-state index contributed by atoms with van der Waals surface area (Å²) in [6.45, 7) is 4.73. The molecular weight excluding hydrogens is 372 g/mol. The number of H-pyrrole nitrogens is 1. The van der Waals surface area contributed by atoms with Gasteiger partial charge in [-0.2, -0.15) is 0 Å². The van der Waals surface area contributed by atoms with Crippen LogP contribution in [-0.4, -0.2) is 29.1 Å². The van der Waals surface area contributed by atoms with E-state index in [2.05, 4.69) is 11.9 Å². The Morgan fingerprint density at radius 1 is 1.14 bits per heavy atom. The predicted octanol–water partition coefficient (Wildman–Crippen LogP) is 2.76. The van der Waals surface area contributed by atoms with Gasteiger partial charge in [-0.15, -0.1) is 0 Å². The minimum absolute atomic E-state index is 0.00643. The van der Waals surface area contributed by atoms with E-state index in [1.165, 1.54) is 16.6 Å². The van der Waals surface area contributed by atoms with Gasteiger partial charge >= 0.3 is 5.69 Å². The maximum absolute atomic E-state index is 13.4. The third kappa shape index (κ3) is 5.07. The normalized spacial score (nSPS) is 10.7. The number of para-hydroxylation sites is 1. The standard InChI is InChI=1S/C21H30N4O4/c1-4-6-10-14-24(20(27)15-11-8-9-12-16(15)29-3)17-18(22)25(13-7-5-2)21(28)23-19(17)26/h8-9,11-12H,4-7,10,13-14,22H2,1-3H3,(H,23,26,28). The minimum Gasteiger partial charge on any atom is -0.496 e. The van der Waals surface area contributed by atoms with Gasteiger partial charge in [0, 0.05) is 13.1 Å². The van der Waals surface area contributed by atoms with Gasteiger partial charge in [0.2, 0.25) is 0 Å². The van der Waals surface area contributed by atoms with Gasteiger partial charge in [0.05, 0.1) is 12.7 Å². The molecule has 0 saturated heterocycles. The smallest absolute Gasteiger partial charge is 0.330 e. The number of hydrogen-bond donors (Lipinski definition) is 2. The van der Waals surface area contributed by atoms with Gasteiger partial charge in [0.1, 0.15) is 11.6 Å². The molecule has 0 unspecified atom stereocenters. The molecule has 2 rings (SSSR count). The second-order valence-corrected chi connectivity index (χ2v) is 6.86. The largest absolute Gasteiger partial charge is 0.496 e. The molecule has 0 aliphatic heterocycles. The van der Waals surface area contributed by atoms with Crippen LogP contribution in [0.3, 0.4) is 0 Å². The second kappa shape index (κ2) is 10.5. The predicted molar refractivity (Wildman–Crippen MR) is 115 cm³/mol. The molecule has 1 heterocycles. The summed E-state index contributed by atoms with van der Waals surface area (Å²) in [5.41, 5.74) is 5.34. The maximum atomic E-state index is 13.4. The highest BCUT2D eigenvalue weighted by molar-refractivity contribution is 6.08. The van der Waals surface area contributed by atoms with Gasteiger partial charge in [-0.05, 0) is 25.0 Å². The van der Waals surface area contributed by atoms with Crippen LogP contribution in [0.4, 0.5) is 11.5 Å². The second-order valence-electron chi connectivity index (χ2n) is 6.86. The van der Waals surface area contributed by atoms with Crippen molar-refractivity contribution in [3.8, 4) is 5.75 Å². The molecule has 0 atom stereocenters. The van der Waals surface area contributed by atoms with Gasteiger partial charge in [0.15, 0.2) is 5.69 Å². The Labute approximate surface area is 170 Å². The number of ether oxygens (including phenoxy) is 1. The SMILES string of the molecule is CCCCCN(C(=O)c1ccccc1OC)c1c(N)n(CCCC)c(=O)[nH]c1=O. The van der Waals surface area contributed by atoms with Crippen LogP contribution in [0.15, 0.2) is 33.9 Å². The van der Waals surface area contributed by atoms with Crippen molar-refractivity contribution in [3.63, 3.8) is 0 Å². The van der Waals surface area contributed by atoms with Crippen molar-refractivity contribution in [2.75, 3.05) is 24.3 Å². The summed E-state index contributed by atoms with van der Waals surface area (Å²) in [5, 5.41) is 0. The lowest BCUT2D eigenvalue weighted by atomic mass is 10.1. The molecule has 29 heavy (non-hydrogen) atoms. The molecule has 1 amide bonds. The van der Waals surface area contributed by atoms with E-state index in [0.717, 1.165) is 25.7 Å². The molecule has 3 N–H and O–H groups in total. The van der Waals surface area contributed by atoms with Crippen molar-refractivity contribution in [2.24, 2.45) is 0 Å². The Balaban J connectivity index is 2.59. The van der Waals surface area contributed by atoms with Crippen molar-refractivity contribution < 1.29 is 9.53 Å². The molecular formula is C21H30N4O4. The molecule has 1 aromatic carbocycles. The van der Waals surface area contributed by atoms with E-state index in [4.69, 9.17) is 10.5 Å². The first kappa shape index (κ1) is 22.3. The Morgan fingerprint density at radius 2 is 1.83 bits per heavy atom. The number of carbonyl (C=O) groups is 1. The highest BCUT2D eigenvalue weighted by atomic mass is 16.5. The number of aromatic nitrogens is 2. The number of hydrogen-bond acceptors (Lipinski definition) is 5. The lowest BCUT2D eigenvalue weighted by Gasteiger charge is -2.25. The number of amides is 1. The molecule has 0 fully saturated rings. The highest BCUT2D eigenvalue weighted by Crippen LogP contribution is 2.25. The first-order valence-electron chi connectivity index (χ1n) is 10.0. The lowest BCUT2D eigenvalue weighted by Crippen LogP contribution is -2.41. The van der Waals surface area contributed by atoms with Gasteiger partial charge < -0.3 is 15.4 Å². The van der Waals surface area contributed by atoms with Gasteiger partial charge in [-0.3, -0.25) is 19.1 Å². The molecule has 8 nitrogen and oxygen atoms in total. The van der Waals surface area contributed by atoms with Crippen molar-refractivity contribution in [2.45, 2.75) is 52.5 Å². The van der Waals surface area contributed by atoms with Crippen LogP contribution in [0.2, 0.25) is 0 Å². The molecule has 0 aliphatic rings. The number of nitrogens with one attached hydrogen (secondary N) is 1. The number of anilines is 2. The van der Waals surface area contributed by atoms with Crippen LogP contribution in [0, 0.1) is 0 Å². The van der Waals surface area contributed by atoms with Crippen molar-refractivity contribution in [1.29, 1.82) is 0 Å². The lowest BCUT2D eigenvalue weighted by molar-refractivity contribution is 0.0983. The van der Waals surface area contributed by atoms with E-state index in [1.54, 1.807) is 24.3 Å². The molecule has 158 valence electrons. The third-order valence-electron chi connectivity index (χ3n) is 4.79. The molecule has 0 aliphatic carbocycles. The fourth-order valence-corrected chi connectivity index (χ4v) is 3.18. The molecule has 0 spiro atoms. The number of carbonyl (C=O) groups excluding carboxylic acids is 1. The van der Waals surface area contributed by atoms with Gasteiger partial charge in [0.25, 0.3) is 11.5 Å². The zero-order chi connectivity index (χ0) is 21.4. The number of unbranched alkanes of at least 4 members (excludes halogenated alkanes) is 3. The zero-order valence-electron chi connectivity index (χ0n) is 17.4. The fraction of sp³-hybridized carbons (Fsp3) is 0.476. The average molecular weight is 402 g/mol. The van der Waals surface area contributed by atoms with E-state index < -0.39 is 17.2 Å². The molecule has 0 radical (unpaired) electrons. The zero-order valence-corrected chi connectivity index (χ0v) is 17.4. The monoisotopic (exact) mass is 402 g/mol. The summed E-state index contributed by atoms with van der Waals surface area (Å²) < 4.78 is 6.64. The number of methoxy groups -OCH3 is 1. The summed E-state index contributed by atoms with van der Waals surface area (Å²) in [7, 11) is 1.49. The summed E-state index contributed by atoms with van der Waals surface area (Å²) >= 11 is 0. The molecule has 0 saturated carbocycles.